The van der Waals surface area contributed by atoms with Gasteiger partial charge in [-0.3, -0.25) is 19.3 Å². The summed E-state index contributed by atoms with van der Waals surface area (Å²) in [6.45, 7) is 4.87. The van der Waals surface area contributed by atoms with Crippen LogP contribution >= 0.6 is 0 Å². The lowest BCUT2D eigenvalue weighted by molar-refractivity contribution is -0.145. The maximum atomic E-state index is 12.1. The van der Waals surface area contributed by atoms with Crippen molar-refractivity contribution in [3.63, 3.8) is 0 Å². The molecule has 2 N–H and O–H groups in total. The van der Waals surface area contributed by atoms with Crippen molar-refractivity contribution in [1.29, 1.82) is 0 Å². The number of sulfonamides is 1. The molecule has 0 saturated carbocycles. The lowest BCUT2D eigenvalue weighted by atomic mass is 10.1. The molecule has 0 spiro atoms. The number of ether oxygens (including phenoxy) is 1. The van der Waals surface area contributed by atoms with E-state index in [9.17, 15) is 18.0 Å². The van der Waals surface area contributed by atoms with Crippen LogP contribution in [-0.4, -0.2) is 39.3 Å². The Kier molecular flexibility index (Phi) is 5.69. The number of nitrogens with zero attached hydrogens (tertiary/aromatic N) is 1. The van der Waals surface area contributed by atoms with E-state index in [1.165, 1.54) is 6.07 Å². The number of esters is 1. The highest BCUT2D eigenvalue weighted by Gasteiger charge is 2.30. The van der Waals surface area contributed by atoms with Crippen molar-refractivity contribution in [2.75, 3.05) is 18.5 Å². The first-order valence-corrected chi connectivity index (χ1v) is 10.4. The number of benzene rings is 2. The molecule has 9 heteroatoms. The van der Waals surface area contributed by atoms with Crippen LogP contribution < -0.4 is 10.0 Å². The molecule has 0 bridgehead atoms. The highest BCUT2D eigenvalue weighted by Crippen LogP contribution is 2.23. The Morgan fingerprint density at radius 1 is 1.10 bits per heavy atom. The first kappa shape index (κ1) is 20.5. The van der Waals surface area contributed by atoms with E-state index in [0.717, 1.165) is 16.7 Å². The zero-order chi connectivity index (χ0) is 21.2. The Balaban J connectivity index is 1.57. The van der Waals surface area contributed by atoms with Crippen LogP contribution in [-0.2, 0) is 24.3 Å². The fraction of sp³-hybridized carbons (Fsp3) is 0.250. The molecular formula is C20H21N3O5S. The number of amidine groups is 1. The zero-order valence-corrected chi connectivity index (χ0v) is 17.1. The van der Waals surface area contributed by atoms with Crippen LogP contribution in [0.1, 0.15) is 22.3 Å². The van der Waals surface area contributed by atoms with Crippen LogP contribution in [0.5, 0.6) is 0 Å². The van der Waals surface area contributed by atoms with E-state index in [1.807, 2.05) is 32.9 Å². The summed E-state index contributed by atoms with van der Waals surface area (Å²) in [7, 11) is -3.67. The van der Waals surface area contributed by atoms with Crippen LogP contribution in [0, 0.1) is 20.8 Å². The quantitative estimate of drug-likeness (QED) is 0.723. The number of carbonyl (C=O) groups is 2. The fourth-order valence-corrected chi connectivity index (χ4v) is 4.39. The summed E-state index contributed by atoms with van der Waals surface area (Å²) >= 11 is 0. The van der Waals surface area contributed by atoms with Crippen LogP contribution in [0.15, 0.2) is 46.3 Å². The van der Waals surface area contributed by atoms with Crippen LogP contribution in [0.25, 0.3) is 0 Å². The third-order valence-corrected chi connectivity index (χ3v) is 5.73. The average molecular weight is 415 g/mol. The zero-order valence-electron chi connectivity index (χ0n) is 16.3. The van der Waals surface area contributed by atoms with Crippen LogP contribution in [0.4, 0.5) is 5.69 Å². The lowest BCUT2D eigenvalue weighted by Crippen LogP contribution is -2.25. The number of rotatable bonds is 5. The second-order valence-corrected chi connectivity index (χ2v) is 8.40. The van der Waals surface area contributed by atoms with Gasteiger partial charge in [-0.2, -0.15) is 0 Å². The van der Waals surface area contributed by atoms with Gasteiger partial charge in [-0.15, -0.1) is 0 Å². The molecule has 1 aliphatic heterocycles. The number of anilines is 1. The van der Waals surface area contributed by atoms with Crippen molar-refractivity contribution in [2.45, 2.75) is 25.7 Å². The standard InChI is InChI=1S/C20H21N3O5S/c1-12-8-13(2)19(14(3)9-12)22-17(24)11-28-18(25)10-21-20-15-6-4-5-7-16(15)29(26,27)23-20/h4-9H,10-11H2,1-3H3,(H,21,23)(H,22,24). The van der Waals surface area contributed by atoms with Crippen LogP contribution in [0.3, 0.4) is 0 Å². The smallest absolute Gasteiger partial charge is 0.328 e. The predicted octanol–water partition coefficient (Wildman–Crippen LogP) is 1.83. The third kappa shape index (κ3) is 4.62. The van der Waals surface area contributed by atoms with Gasteiger partial charge < -0.3 is 10.1 Å². The number of aryl methyl sites for hydroxylation is 3. The highest BCUT2D eigenvalue weighted by atomic mass is 32.2. The molecule has 1 aliphatic rings. The van der Waals surface area contributed by atoms with Gasteiger partial charge in [0, 0.05) is 11.3 Å². The highest BCUT2D eigenvalue weighted by molar-refractivity contribution is 7.90. The third-order valence-electron chi connectivity index (χ3n) is 4.33. The van der Waals surface area contributed by atoms with E-state index in [4.69, 9.17) is 4.74 Å². The van der Waals surface area contributed by atoms with Crippen LogP contribution in [0.2, 0.25) is 0 Å². The topological polar surface area (TPSA) is 114 Å². The van der Waals surface area contributed by atoms with Gasteiger partial charge in [0.05, 0.1) is 4.90 Å². The Labute approximate surface area is 169 Å². The van der Waals surface area contributed by atoms with E-state index < -0.39 is 35.1 Å². The Morgan fingerprint density at radius 3 is 2.45 bits per heavy atom. The predicted molar refractivity (Wildman–Crippen MR) is 108 cm³/mol. The van der Waals surface area contributed by atoms with Crippen molar-refractivity contribution in [3.8, 4) is 0 Å². The molecule has 2 aromatic carbocycles. The minimum Gasteiger partial charge on any atom is -0.454 e. The largest absolute Gasteiger partial charge is 0.454 e. The Hall–Kier alpha value is -3.20. The number of fused-ring (bicyclic) bond motifs is 1. The number of nitrogens with one attached hydrogen (secondary N) is 2. The number of hydrogen-bond donors (Lipinski definition) is 2. The van der Waals surface area contributed by atoms with Gasteiger partial charge in [0.2, 0.25) is 0 Å². The summed E-state index contributed by atoms with van der Waals surface area (Å²) in [4.78, 5) is 28.1. The minimum atomic E-state index is -3.67. The Morgan fingerprint density at radius 2 is 1.76 bits per heavy atom. The van der Waals surface area contributed by atoms with E-state index in [1.54, 1.807) is 18.2 Å². The maximum absolute atomic E-state index is 12.1. The van der Waals surface area contributed by atoms with Crippen molar-refractivity contribution in [3.05, 3.63) is 58.7 Å². The second-order valence-electron chi connectivity index (χ2n) is 6.75. The van der Waals surface area contributed by atoms with Gasteiger partial charge in [-0.25, -0.2) is 8.42 Å². The van der Waals surface area contributed by atoms with E-state index in [-0.39, 0.29) is 10.7 Å². The first-order valence-electron chi connectivity index (χ1n) is 8.87. The molecule has 0 fully saturated rings. The van der Waals surface area contributed by atoms with Crippen molar-refractivity contribution in [2.24, 2.45) is 4.99 Å². The molecule has 3 rings (SSSR count). The average Bonchev–Trinajstić information content (AvgIpc) is 2.92. The molecule has 0 radical (unpaired) electrons. The molecular weight excluding hydrogens is 394 g/mol. The minimum absolute atomic E-state index is 0.0768. The molecule has 0 atom stereocenters. The Bertz CT molecular complexity index is 1100. The van der Waals surface area contributed by atoms with Crippen molar-refractivity contribution in [1.82, 2.24) is 4.72 Å². The molecule has 152 valence electrons. The second kappa shape index (κ2) is 8.04. The van der Waals surface area contributed by atoms with E-state index >= 15 is 0 Å². The SMILES string of the molecule is Cc1cc(C)c(NC(=O)COC(=O)CN=C2NS(=O)(=O)c3ccccc32)c(C)c1. The molecule has 0 unspecified atom stereocenters. The van der Waals surface area contributed by atoms with Gasteiger partial charge in [0.15, 0.2) is 6.61 Å². The van der Waals surface area contributed by atoms with Gasteiger partial charge in [-0.05, 0) is 44.0 Å². The number of aliphatic imine (C=N–C) groups is 1. The summed E-state index contributed by atoms with van der Waals surface area (Å²) in [5.41, 5.74) is 4.01. The van der Waals surface area contributed by atoms with E-state index in [0.29, 0.717) is 11.3 Å². The summed E-state index contributed by atoms with van der Waals surface area (Å²) in [5, 5.41) is 2.74. The molecule has 1 heterocycles. The maximum Gasteiger partial charge on any atom is 0.328 e. The number of amides is 1. The molecule has 0 aliphatic carbocycles. The first-order chi connectivity index (χ1) is 13.7. The normalized spacial score (nSPS) is 15.5. The molecule has 2 aromatic rings. The van der Waals surface area contributed by atoms with Crippen molar-refractivity contribution >= 4 is 33.4 Å². The summed E-state index contributed by atoms with van der Waals surface area (Å²) in [6, 6.07) is 10.2. The summed E-state index contributed by atoms with van der Waals surface area (Å²) in [6.07, 6.45) is 0. The van der Waals surface area contributed by atoms with Crippen molar-refractivity contribution < 1.29 is 22.7 Å². The van der Waals surface area contributed by atoms with Gasteiger partial charge in [0.1, 0.15) is 12.4 Å². The monoisotopic (exact) mass is 415 g/mol. The molecule has 1 amide bonds. The molecule has 29 heavy (non-hydrogen) atoms. The molecule has 0 aromatic heterocycles. The van der Waals surface area contributed by atoms with Gasteiger partial charge in [-0.1, -0.05) is 29.8 Å². The van der Waals surface area contributed by atoms with Gasteiger partial charge in [0.25, 0.3) is 15.9 Å². The fourth-order valence-electron chi connectivity index (χ4n) is 3.14. The lowest BCUT2D eigenvalue weighted by Gasteiger charge is -2.12. The number of hydrogen-bond acceptors (Lipinski definition) is 6. The molecule has 8 nitrogen and oxygen atoms in total. The van der Waals surface area contributed by atoms with Gasteiger partial charge >= 0.3 is 5.97 Å². The summed E-state index contributed by atoms with van der Waals surface area (Å²) in [5.74, 6) is -1.13. The summed E-state index contributed by atoms with van der Waals surface area (Å²) < 4.78 is 31.3. The molecule has 0 saturated heterocycles. The van der Waals surface area contributed by atoms with E-state index in [2.05, 4.69) is 15.0 Å². The number of carbonyl (C=O) groups excluding carboxylic acids is 2.